The highest BCUT2D eigenvalue weighted by atomic mass is 16.6. The fourth-order valence-electron chi connectivity index (χ4n) is 1.14. The van der Waals surface area contributed by atoms with Crippen molar-refractivity contribution >= 4 is 11.9 Å². The molecule has 1 aromatic rings. The Kier molecular flexibility index (Phi) is 3.16. The number of aryl methyl sites for hydroxylation is 1. The van der Waals surface area contributed by atoms with Gasteiger partial charge in [0.05, 0.1) is 0 Å². The van der Waals surface area contributed by atoms with Gasteiger partial charge < -0.3 is 4.74 Å². The van der Waals surface area contributed by atoms with E-state index in [2.05, 4.69) is 5.10 Å². The quantitative estimate of drug-likeness (QED) is 0.686. The van der Waals surface area contributed by atoms with Gasteiger partial charge in [-0.25, -0.2) is 4.79 Å². The molecule has 0 atom stereocenters. The lowest BCUT2D eigenvalue weighted by Gasteiger charge is -2.19. The van der Waals surface area contributed by atoms with E-state index in [4.69, 9.17) is 4.74 Å². The third kappa shape index (κ3) is 2.92. The van der Waals surface area contributed by atoms with E-state index in [0.29, 0.717) is 5.69 Å². The number of ether oxygens (including phenoxy) is 1. The van der Waals surface area contributed by atoms with Crippen LogP contribution in [0.25, 0.3) is 0 Å². The summed E-state index contributed by atoms with van der Waals surface area (Å²) in [5, 5.41) is 3.89. The van der Waals surface area contributed by atoms with E-state index in [1.54, 1.807) is 33.8 Å². The van der Waals surface area contributed by atoms with E-state index in [1.165, 1.54) is 6.92 Å². The molecule has 0 radical (unpaired) electrons. The van der Waals surface area contributed by atoms with Gasteiger partial charge in [-0.05, 0) is 33.8 Å². The number of hydrogen-bond donors (Lipinski definition) is 0. The zero-order valence-corrected chi connectivity index (χ0v) is 10.2. The molecule has 0 aromatic carbocycles. The molecular weight excluding hydrogens is 208 g/mol. The third-order valence-corrected chi connectivity index (χ3v) is 1.81. The number of hydrogen-bond acceptors (Lipinski definition) is 4. The lowest BCUT2D eigenvalue weighted by molar-refractivity contribution is 0.0511. The molecule has 0 N–H and O–H groups in total. The molecule has 88 valence electrons. The van der Waals surface area contributed by atoms with Crippen LogP contribution in [0.1, 0.15) is 43.9 Å². The van der Waals surface area contributed by atoms with Gasteiger partial charge in [-0.15, -0.1) is 0 Å². The summed E-state index contributed by atoms with van der Waals surface area (Å²) in [4.78, 5) is 22.8. The van der Waals surface area contributed by atoms with Crippen molar-refractivity contribution in [2.24, 2.45) is 0 Å². The second kappa shape index (κ2) is 4.08. The third-order valence-electron chi connectivity index (χ3n) is 1.81. The molecule has 0 saturated carbocycles. The topological polar surface area (TPSA) is 61.2 Å². The minimum absolute atomic E-state index is 0.176. The Balaban J connectivity index is 2.96. The minimum atomic E-state index is -0.578. The molecule has 5 nitrogen and oxygen atoms in total. The first kappa shape index (κ1) is 12.4. The van der Waals surface area contributed by atoms with Gasteiger partial charge in [0.15, 0.2) is 5.78 Å². The summed E-state index contributed by atoms with van der Waals surface area (Å²) in [6.45, 7) is 8.42. The van der Waals surface area contributed by atoms with E-state index in [1.807, 2.05) is 0 Å². The van der Waals surface area contributed by atoms with Crippen LogP contribution in [0.3, 0.4) is 0 Å². The number of Topliss-reactive ketones (excluding diaryl/α,β-unsaturated/α-hetero) is 1. The van der Waals surface area contributed by atoms with Crippen molar-refractivity contribution in [2.45, 2.75) is 40.2 Å². The molecular formula is C11H16N2O3. The molecule has 0 spiro atoms. The number of carbonyl (C=O) groups is 2. The number of aromatic nitrogens is 2. The Morgan fingerprint density at radius 2 is 1.94 bits per heavy atom. The Morgan fingerprint density at radius 3 is 2.31 bits per heavy atom. The molecule has 0 aliphatic rings. The summed E-state index contributed by atoms with van der Waals surface area (Å²) >= 11 is 0. The summed E-state index contributed by atoms with van der Waals surface area (Å²) in [7, 11) is 0. The smallest absolute Gasteiger partial charge is 0.435 e. The van der Waals surface area contributed by atoms with E-state index in [9.17, 15) is 9.59 Å². The molecule has 5 heteroatoms. The maximum atomic E-state index is 11.7. The fourth-order valence-corrected chi connectivity index (χ4v) is 1.14. The first-order valence-corrected chi connectivity index (χ1v) is 5.01. The first-order chi connectivity index (χ1) is 7.20. The lowest BCUT2D eigenvalue weighted by atomic mass is 10.2. The van der Waals surface area contributed by atoms with Gasteiger partial charge in [0, 0.05) is 12.6 Å². The Hall–Kier alpha value is -1.65. The van der Waals surface area contributed by atoms with Gasteiger partial charge >= 0.3 is 6.09 Å². The highest BCUT2D eigenvalue weighted by Crippen LogP contribution is 2.11. The first-order valence-electron chi connectivity index (χ1n) is 5.01. The standard InChI is InChI=1S/C11H16N2O3/c1-7-6-9(8(2)14)12-13(7)10(15)16-11(3,4)5/h6H,1-5H3. The van der Waals surface area contributed by atoms with Crippen molar-refractivity contribution in [3.05, 3.63) is 17.5 Å². The second-order valence-corrected chi connectivity index (χ2v) is 4.62. The molecule has 1 aromatic heterocycles. The van der Waals surface area contributed by atoms with E-state index < -0.39 is 11.7 Å². The Labute approximate surface area is 94.4 Å². The van der Waals surface area contributed by atoms with Crippen LogP contribution in [0.4, 0.5) is 4.79 Å². The highest BCUT2D eigenvalue weighted by Gasteiger charge is 2.20. The zero-order valence-electron chi connectivity index (χ0n) is 10.2. The van der Waals surface area contributed by atoms with Gasteiger partial charge in [-0.2, -0.15) is 9.78 Å². The maximum Gasteiger partial charge on any atom is 0.435 e. The number of carbonyl (C=O) groups excluding carboxylic acids is 2. The second-order valence-electron chi connectivity index (χ2n) is 4.62. The van der Waals surface area contributed by atoms with Crippen LogP contribution in [0.5, 0.6) is 0 Å². The summed E-state index contributed by atoms with van der Waals surface area (Å²) in [6, 6.07) is 1.56. The van der Waals surface area contributed by atoms with Crippen LogP contribution in [0, 0.1) is 6.92 Å². The molecule has 16 heavy (non-hydrogen) atoms. The van der Waals surface area contributed by atoms with Gasteiger partial charge in [0.1, 0.15) is 11.3 Å². The lowest BCUT2D eigenvalue weighted by Crippen LogP contribution is -2.28. The van der Waals surface area contributed by atoms with Crippen LogP contribution in [-0.4, -0.2) is 27.3 Å². The van der Waals surface area contributed by atoms with Crippen LogP contribution in [0.15, 0.2) is 6.07 Å². The molecule has 0 bridgehead atoms. The maximum absolute atomic E-state index is 11.7. The van der Waals surface area contributed by atoms with Crippen molar-refractivity contribution in [1.82, 2.24) is 9.78 Å². The summed E-state index contributed by atoms with van der Waals surface area (Å²) in [5.41, 5.74) is 0.272. The minimum Gasteiger partial charge on any atom is -0.442 e. The van der Waals surface area contributed by atoms with Crippen molar-refractivity contribution in [1.29, 1.82) is 0 Å². The van der Waals surface area contributed by atoms with Crippen molar-refractivity contribution < 1.29 is 14.3 Å². The number of rotatable bonds is 1. The van der Waals surface area contributed by atoms with Crippen molar-refractivity contribution in [2.75, 3.05) is 0 Å². The normalized spacial score (nSPS) is 11.3. The van der Waals surface area contributed by atoms with Crippen molar-refractivity contribution in [3.8, 4) is 0 Å². The Bertz CT molecular complexity index is 427. The molecule has 0 amide bonds. The van der Waals surface area contributed by atoms with Gasteiger partial charge in [0.25, 0.3) is 0 Å². The molecule has 0 saturated heterocycles. The highest BCUT2D eigenvalue weighted by molar-refractivity contribution is 5.92. The van der Waals surface area contributed by atoms with Crippen LogP contribution in [0.2, 0.25) is 0 Å². The van der Waals surface area contributed by atoms with Crippen LogP contribution < -0.4 is 0 Å². The SMILES string of the molecule is CC(=O)c1cc(C)n(C(=O)OC(C)(C)C)n1. The summed E-state index contributed by atoms with van der Waals surface area (Å²) < 4.78 is 6.25. The number of nitrogens with zero attached hydrogens (tertiary/aromatic N) is 2. The summed E-state index contributed by atoms with van der Waals surface area (Å²) in [5.74, 6) is -0.176. The predicted octanol–water partition coefficient (Wildman–Crippen LogP) is 2.18. The van der Waals surface area contributed by atoms with Gasteiger partial charge in [-0.1, -0.05) is 0 Å². The molecule has 1 heterocycles. The van der Waals surface area contributed by atoms with E-state index in [-0.39, 0.29) is 11.5 Å². The van der Waals surface area contributed by atoms with Gasteiger partial charge in [-0.3, -0.25) is 4.79 Å². The molecule has 0 unspecified atom stereocenters. The van der Waals surface area contributed by atoms with Crippen LogP contribution >= 0.6 is 0 Å². The van der Waals surface area contributed by atoms with E-state index >= 15 is 0 Å². The molecule has 0 aliphatic carbocycles. The van der Waals surface area contributed by atoms with Crippen molar-refractivity contribution in [3.63, 3.8) is 0 Å². The fraction of sp³-hybridized carbons (Fsp3) is 0.545. The molecule has 0 fully saturated rings. The number of ketones is 1. The average molecular weight is 224 g/mol. The molecule has 0 aliphatic heterocycles. The van der Waals surface area contributed by atoms with E-state index in [0.717, 1.165) is 4.68 Å². The monoisotopic (exact) mass is 224 g/mol. The zero-order chi connectivity index (χ0) is 12.5. The van der Waals surface area contributed by atoms with Crippen LogP contribution in [-0.2, 0) is 4.74 Å². The molecule has 1 rings (SSSR count). The predicted molar refractivity (Wildman–Crippen MR) is 58.6 cm³/mol. The average Bonchev–Trinajstić information content (AvgIpc) is 2.44. The summed E-state index contributed by atoms with van der Waals surface area (Å²) in [6.07, 6.45) is -0.572. The van der Waals surface area contributed by atoms with Gasteiger partial charge in [0.2, 0.25) is 0 Å². The largest absolute Gasteiger partial charge is 0.442 e. The Morgan fingerprint density at radius 1 is 1.38 bits per heavy atom.